The molecule has 1 aromatic heterocycles. The van der Waals surface area contributed by atoms with Gasteiger partial charge in [0.15, 0.2) is 5.60 Å². The smallest absolute Gasteiger partial charge is 0.266 e. The van der Waals surface area contributed by atoms with Crippen molar-refractivity contribution in [3.8, 4) is 5.75 Å². The Morgan fingerprint density at radius 3 is 2.41 bits per heavy atom. The van der Waals surface area contributed by atoms with E-state index in [1.165, 1.54) is 6.20 Å². The first-order valence-corrected chi connectivity index (χ1v) is 11.4. The van der Waals surface area contributed by atoms with Gasteiger partial charge in [-0.3, -0.25) is 9.59 Å². The quantitative estimate of drug-likeness (QED) is 0.648. The van der Waals surface area contributed by atoms with Crippen molar-refractivity contribution >= 4 is 40.8 Å². The van der Waals surface area contributed by atoms with E-state index in [9.17, 15) is 9.59 Å². The number of aromatic nitrogens is 1. The molecule has 1 aromatic carbocycles. The number of amides is 2. The summed E-state index contributed by atoms with van der Waals surface area (Å²) in [6.45, 7) is 3.54. The van der Waals surface area contributed by atoms with Gasteiger partial charge in [0.2, 0.25) is 5.91 Å². The number of ether oxygens (including phenoxy) is 1. The Bertz CT molecular complexity index is 1010. The number of anilines is 1. The molecule has 0 radical (unpaired) electrons. The molecular weight excluding hydrogens is 451 g/mol. The molecule has 0 aliphatic carbocycles. The second kappa shape index (κ2) is 8.79. The van der Waals surface area contributed by atoms with Crippen LogP contribution in [-0.2, 0) is 4.79 Å². The Morgan fingerprint density at radius 2 is 1.84 bits per heavy atom. The van der Waals surface area contributed by atoms with Crippen molar-refractivity contribution in [2.45, 2.75) is 63.3 Å². The number of halogens is 2. The molecule has 32 heavy (non-hydrogen) atoms. The summed E-state index contributed by atoms with van der Waals surface area (Å²) in [5.74, 6) is 0.584. The van der Waals surface area contributed by atoms with Gasteiger partial charge in [0, 0.05) is 29.3 Å². The van der Waals surface area contributed by atoms with Crippen molar-refractivity contribution in [2.75, 3.05) is 5.32 Å². The second-order valence-corrected chi connectivity index (χ2v) is 9.74. The number of nitrogens with zero attached hydrogens (tertiary/aromatic N) is 2. The van der Waals surface area contributed by atoms with Gasteiger partial charge in [-0.15, -0.1) is 0 Å². The lowest BCUT2D eigenvalue weighted by atomic mass is 9.94. The van der Waals surface area contributed by atoms with E-state index in [1.54, 1.807) is 44.2 Å². The third kappa shape index (κ3) is 4.64. The minimum atomic E-state index is -1.06. The number of rotatable bonds is 6. The van der Waals surface area contributed by atoms with E-state index in [0.29, 0.717) is 27.2 Å². The van der Waals surface area contributed by atoms with Crippen LogP contribution in [0.5, 0.6) is 5.75 Å². The van der Waals surface area contributed by atoms with Crippen LogP contribution in [-0.4, -0.2) is 45.4 Å². The van der Waals surface area contributed by atoms with E-state index >= 15 is 0 Å². The highest BCUT2D eigenvalue weighted by atomic mass is 35.5. The molecule has 3 N–H and O–H groups in total. The van der Waals surface area contributed by atoms with Gasteiger partial charge in [0.25, 0.3) is 5.91 Å². The van der Waals surface area contributed by atoms with Crippen molar-refractivity contribution in [1.82, 2.24) is 9.88 Å². The molecule has 2 fully saturated rings. The summed E-state index contributed by atoms with van der Waals surface area (Å²) < 4.78 is 6.03. The first kappa shape index (κ1) is 22.7. The number of nitrogens with one attached hydrogen (secondary N) is 1. The van der Waals surface area contributed by atoms with E-state index in [2.05, 4.69) is 10.3 Å². The molecule has 3 heterocycles. The normalized spacial score (nSPS) is 22.5. The lowest BCUT2D eigenvalue weighted by molar-refractivity contribution is -0.150. The summed E-state index contributed by atoms with van der Waals surface area (Å²) in [6.07, 6.45) is 5.03. The summed E-state index contributed by atoms with van der Waals surface area (Å²) in [7, 11) is 0. The van der Waals surface area contributed by atoms with E-state index in [-0.39, 0.29) is 24.0 Å². The Balaban J connectivity index is 1.42. The lowest BCUT2D eigenvalue weighted by Crippen LogP contribution is -2.57. The molecule has 2 aromatic rings. The van der Waals surface area contributed by atoms with E-state index < -0.39 is 11.5 Å². The third-order valence-electron chi connectivity index (χ3n) is 6.14. The highest BCUT2D eigenvalue weighted by molar-refractivity contribution is 6.35. The Labute approximate surface area is 197 Å². The molecular formula is C23H26Cl2N4O3. The minimum absolute atomic E-state index is 0.0431. The molecule has 2 unspecified atom stereocenters. The summed E-state index contributed by atoms with van der Waals surface area (Å²) in [5, 5.41) is 4.32. The molecule has 7 nitrogen and oxygen atoms in total. The number of piperidine rings is 1. The maximum absolute atomic E-state index is 13.5. The molecule has 170 valence electrons. The van der Waals surface area contributed by atoms with Gasteiger partial charge in [0.05, 0.1) is 10.6 Å². The largest absolute Gasteiger partial charge is 0.476 e. The van der Waals surface area contributed by atoms with Crippen LogP contribution in [0.1, 0.15) is 49.9 Å². The topological polar surface area (TPSA) is 97.5 Å². The fourth-order valence-electron chi connectivity index (χ4n) is 4.65. The molecule has 2 atom stereocenters. The Kier molecular flexibility index (Phi) is 6.23. The van der Waals surface area contributed by atoms with Gasteiger partial charge < -0.3 is 20.7 Å². The fraction of sp³-hybridized carbons (Fsp3) is 0.435. The van der Waals surface area contributed by atoms with Crippen LogP contribution in [0.3, 0.4) is 0 Å². The molecule has 2 bridgehead atoms. The van der Waals surface area contributed by atoms with Crippen molar-refractivity contribution < 1.29 is 14.3 Å². The number of fused-ring (bicyclic) bond motifs is 2. The molecule has 0 spiro atoms. The molecule has 0 saturated carbocycles. The minimum Gasteiger partial charge on any atom is -0.476 e. The SMILES string of the molecule is CC(C)(Oc1ccc(Cl)cc1Cl)C(=O)N1C2CCC1CC(Nc1ccc(C(N)=O)cn1)C2. The van der Waals surface area contributed by atoms with Crippen LogP contribution in [0.2, 0.25) is 10.0 Å². The van der Waals surface area contributed by atoms with Gasteiger partial charge in [0.1, 0.15) is 11.6 Å². The number of primary amides is 1. The number of carbonyl (C=O) groups is 2. The van der Waals surface area contributed by atoms with E-state index in [0.717, 1.165) is 25.7 Å². The summed E-state index contributed by atoms with van der Waals surface area (Å²) >= 11 is 12.2. The highest BCUT2D eigenvalue weighted by Gasteiger charge is 2.48. The zero-order chi connectivity index (χ0) is 23.0. The van der Waals surface area contributed by atoms with Crippen molar-refractivity contribution in [3.05, 3.63) is 52.1 Å². The van der Waals surface area contributed by atoms with E-state index in [4.69, 9.17) is 33.7 Å². The number of pyridine rings is 1. The number of hydrogen-bond acceptors (Lipinski definition) is 5. The van der Waals surface area contributed by atoms with Crippen LogP contribution >= 0.6 is 23.2 Å². The highest BCUT2D eigenvalue weighted by Crippen LogP contribution is 2.39. The maximum Gasteiger partial charge on any atom is 0.266 e. The summed E-state index contributed by atoms with van der Waals surface area (Å²) in [4.78, 5) is 31.0. The van der Waals surface area contributed by atoms with Crippen LogP contribution in [0.25, 0.3) is 0 Å². The molecule has 2 saturated heterocycles. The number of hydrogen-bond donors (Lipinski definition) is 2. The van der Waals surface area contributed by atoms with Crippen LogP contribution in [0.4, 0.5) is 5.82 Å². The molecule has 4 rings (SSSR count). The molecule has 2 aliphatic rings. The monoisotopic (exact) mass is 476 g/mol. The average Bonchev–Trinajstić information content (AvgIpc) is 3.00. The standard InChI is InChI=1S/C23H26Cl2N4O3/c1-23(2,32-19-7-4-14(24)9-18(19)25)22(31)29-16-5-6-17(29)11-15(10-16)28-20-8-3-13(12-27-20)21(26)30/h3-4,7-9,12,15-17H,5-6,10-11H2,1-2H3,(H2,26,30)(H,27,28). The Morgan fingerprint density at radius 1 is 1.16 bits per heavy atom. The van der Waals surface area contributed by atoms with Crippen molar-refractivity contribution in [2.24, 2.45) is 5.73 Å². The molecule has 2 amide bonds. The maximum atomic E-state index is 13.5. The second-order valence-electron chi connectivity index (χ2n) is 8.89. The summed E-state index contributed by atoms with van der Waals surface area (Å²) in [6, 6.07) is 8.84. The predicted molar refractivity (Wildman–Crippen MR) is 124 cm³/mol. The zero-order valence-corrected chi connectivity index (χ0v) is 19.5. The first-order chi connectivity index (χ1) is 15.1. The van der Waals surface area contributed by atoms with Crippen molar-refractivity contribution in [1.29, 1.82) is 0 Å². The van der Waals surface area contributed by atoms with Crippen molar-refractivity contribution in [3.63, 3.8) is 0 Å². The van der Waals surface area contributed by atoms with Gasteiger partial charge in [-0.1, -0.05) is 23.2 Å². The van der Waals surface area contributed by atoms with Crippen LogP contribution in [0, 0.1) is 0 Å². The van der Waals surface area contributed by atoms with Crippen LogP contribution in [0.15, 0.2) is 36.5 Å². The van der Waals surface area contributed by atoms with Gasteiger partial charge in [-0.05, 0) is 69.9 Å². The first-order valence-electron chi connectivity index (χ1n) is 10.6. The van der Waals surface area contributed by atoms with Crippen LogP contribution < -0.4 is 15.8 Å². The molecule has 9 heteroatoms. The zero-order valence-electron chi connectivity index (χ0n) is 18.0. The van der Waals surface area contributed by atoms with E-state index in [1.807, 2.05) is 4.90 Å². The Hall–Kier alpha value is -2.51. The molecule has 2 aliphatic heterocycles. The van der Waals surface area contributed by atoms with Gasteiger partial charge in [-0.25, -0.2) is 4.98 Å². The number of benzene rings is 1. The lowest BCUT2D eigenvalue weighted by Gasteiger charge is -2.42. The van der Waals surface area contributed by atoms with Gasteiger partial charge >= 0.3 is 0 Å². The average molecular weight is 477 g/mol. The number of nitrogens with two attached hydrogens (primary N) is 1. The number of carbonyl (C=O) groups excluding carboxylic acids is 2. The van der Waals surface area contributed by atoms with Gasteiger partial charge in [-0.2, -0.15) is 0 Å². The fourth-order valence-corrected chi connectivity index (χ4v) is 5.10. The predicted octanol–water partition coefficient (Wildman–Crippen LogP) is 4.28. The third-order valence-corrected chi connectivity index (χ3v) is 6.67. The summed E-state index contributed by atoms with van der Waals surface area (Å²) in [5.41, 5.74) is 4.58.